The van der Waals surface area contributed by atoms with Crippen LogP contribution in [-0.2, 0) is 6.54 Å². The van der Waals surface area contributed by atoms with Crippen LogP contribution in [-0.4, -0.2) is 59.1 Å². The summed E-state index contributed by atoms with van der Waals surface area (Å²) in [5.41, 5.74) is 1.33. The minimum absolute atomic E-state index is 0.0381. The maximum Gasteiger partial charge on any atom is 0.165 e. The van der Waals surface area contributed by atoms with Crippen molar-refractivity contribution in [3.63, 3.8) is 0 Å². The molecule has 0 saturated heterocycles. The lowest BCUT2D eigenvalue weighted by molar-refractivity contribution is -0.0566. The van der Waals surface area contributed by atoms with Gasteiger partial charge in [0.1, 0.15) is 17.6 Å². The van der Waals surface area contributed by atoms with Crippen molar-refractivity contribution in [3.05, 3.63) is 54.7 Å². The Kier molecular flexibility index (Phi) is 7.36. The van der Waals surface area contributed by atoms with E-state index in [9.17, 15) is 14.6 Å². The molecule has 1 aromatic carbocycles. The molecular formula is C28H35FN6O3. The number of hydrogen-bond donors (Lipinski definition) is 3. The summed E-state index contributed by atoms with van der Waals surface area (Å²) in [6.07, 6.45) is 7.69. The highest BCUT2D eigenvalue weighted by atomic mass is 19.1. The monoisotopic (exact) mass is 522 g/mol. The van der Waals surface area contributed by atoms with Gasteiger partial charge in [-0.15, -0.1) is 0 Å². The summed E-state index contributed by atoms with van der Waals surface area (Å²) in [5, 5.41) is 34.0. The first-order valence-corrected chi connectivity index (χ1v) is 13.2. The van der Waals surface area contributed by atoms with Crippen molar-refractivity contribution in [1.82, 2.24) is 24.5 Å². The first kappa shape index (κ1) is 26.1. The molecule has 3 N–H and O–H groups in total. The number of nitrogens with one attached hydrogen (secondary N) is 1. The Morgan fingerprint density at radius 3 is 2.66 bits per heavy atom. The van der Waals surface area contributed by atoms with Gasteiger partial charge >= 0.3 is 0 Å². The van der Waals surface area contributed by atoms with Crippen LogP contribution in [0.4, 0.5) is 10.2 Å². The molecule has 3 aromatic heterocycles. The van der Waals surface area contributed by atoms with Crippen LogP contribution >= 0.6 is 0 Å². The maximum absolute atomic E-state index is 14.1. The predicted octanol–water partition coefficient (Wildman–Crippen LogP) is 4.56. The van der Waals surface area contributed by atoms with Gasteiger partial charge in [0, 0.05) is 36.0 Å². The third-order valence-corrected chi connectivity index (χ3v) is 7.15. The number of ether oxygens (including phenoxy) is 1. The molecule has 0 spiro atoms. The molecule has 1 aliphatic rings. The fraction of sp³-hybridized carbons (Fsp3) is 0.464. The zero-order chi connectivity index (χ0) is 26.9. The summed E-state index contributed by atoms with van der Waals surface area (Å²) in [6, 6.07) is 8.72. The molecule has 0 amide bonds. The molecular weight excluding hydrogens is 487 g/mol. The fourth-order valence-corrected chi connectivity index (χ4v) is 4.92. The normalized spacial score (nSPS) is 19.0. The van der Waals surface area contributed by atoms with Crippen molar-refractivity contribution >= 4 is 16.7 Å². The van der Waals surface area contributed by atoms with Crippen LogP contribution in [0, 0.1) is 5.82 Å². The highest BCUT2D eigenvalue weighted by Crippen LogP contribution is 2.36. The number of aliphatic hydroxyl groups is 2. The van der Waals surface area contributed by atoms with Crippen molar-refractivity contribution in [2.45, 2.75) is 76.9 Å². The van der Waals surface area contributed by atoms with Crippen molar-refractivity contribution in [3.8, 4) is 17.0 Å². The second kappa shape index (κ2) is 10.7. The van der Waals surface area contributed by atoms with Crippen LogP contribution in [0.25, 0.3) is 22.2 Å². The van der Waals surface area contributed by atoms with Gasteiger partial charge in [-0.05, 0) is 58.6 Å². The number of benzene rings is 1. The van der Waals surface area contributed by atoms with Gasteiger partial charge in [-0.2, -0.15) is 10.2 Å². The Bertz CT molecular complexity index is 1390. The zero-order valence-corrected chi connectivity index (χ0v) is 22.0. The van der Waals surface area contributed by atoms with Gasteiger partial charge in [-0.1, -0.05) is 12.1 Å². The van der Waals surface area contributed by atoms with Crippen LogP contribution in [0.2, 0.25) is 0 Å². The first-order chi connectivity index (χ1) is 18.2. The lowest BCUT2D eigenvalue weighted by atomic mass is 9.93. The topological polar surface area (TPSA) is 110 Å². The Hall–Kier alpha value is -3.50. The number of para-hydroxylation sites is 1. The Labute approximate surface area is 221 Å². The largest absolute Gasteiger partial charge is 0.487 e. The van der Waals surface area contributed by atoms with Crippen LogP contribution in [0.5, 0.6) is 5.75 Å². The predicted molar refractivity (Wildman–Crippen MR) is 144 cm³/mol. The van der Waals surface area contributed by atoms with Crippen LogP contribution in [0.15, 0.2) is 48.9 Å². The fourth-order valence-electron chi connectivity index (χ4n) is 4.92. The van der Waals surface area contributed by atoms with Crippen LogP contribution < -0.4 is 10.1 Å². The molecule has 1 atom stereocenters. The number of halogens is 1. The molecule has 0 radical (unpaired) electrons. The molecule has 10 heteroatoms. The van der Waals surface area contributed by atoms with E-state index in [4.69, 9.17) is 9.84 Å². The summed E-state index contributed by atoms with van der Waals surface area (Å²) < 4.78 is 23.7. The molecule has 3 heterocycles. The van der Waals surface area contributed by atoms with Gasteiger partial charge in [0.15, 0.2) is 11.6 Å². The second-order valence-electron chi connectivity index (χ2n) is 10.5. The third kappa shape index (κ3) is 5.51. The molecule has 1 fully saturated rings. The second-order valence-corrected chi connectivity index (χ2v) is 10.5. The highest BCUT2D eigenvalue weighted by Gasteiger charge is 2.28. The van der Waals surface area contributed by atoms with Crippen LogP contribution in [0.3, 0.4) is 0 Å². The molecule has 202 valence electrons. The van der Waals surface area contributed by atoms with Gasteiger partial charge in [0.2, 0.25) is 0 Å². The Balaban J connectivity index is 1.40. The summed E-state index contributed by atoms with van der Waals surface area (Å²) in [4.78, 5) is 4.58. The molecule has 38 heavy (non-hydrogen) atoms. The lowest BCUT2D eigenvalue weighted by Gasteiger charge is -2.29. The van der Waals surface area contributed by atoms with Gasteiger partial charge in [0.25, 0.3) is 0 Å². The van der Waals surface area contributed by atoms with Crippen molar-refractivity contribution in [2.24, 2.45) is 0 Å². The van der Waals surface area contributed by atoms with E-state index in [0.29, 0.717) is 5.75 Å². The molecule has 5 rings (SSSR count). The summed E-state index contributed by atoms with van der Waals surface area (Å²) in [5.74, 6) is 0.750. The number of aliphatic hydroxyl groups excluding tert-OH is 1. The molecule has 1 aliphatic carbocycles. The summed E-state index contributed by atoms with van der Waals surface area (Å²) in [6.45, 7) is 6.09. The van der Waals surface area contributed by atoms with Crippen molar-refractivity contribution in [1.29, 1.82) is 0 Å². The highest BCUT2D eigenvalue weighted by molar-refractivity contribution is 5.93. The minimum atomic E-state index is -1.23. The smallest absolute Gasteiger partial charge is 0.165 e. The first-order valence-electron chi connectivity index (χ1n) is 13.2. The van der Waals surface area contributed by atoms with Crippen molar-refractivity contribution in [2.75, 3.05) is 11.9 Å². The quantitative estimate of drug-likeness (QED) is 0.296. The van der Waals surface area contributed by atoms with E-state index in [2.05, 4.69) is 20.1 Å². The van der Waals surface area contributed by atoms with E-state index in [-0.39, 0.29) is 24.5 Å². The average Bonchev–Trinajstić information content (AvgIpc) is 3.50. The van der Waals surface area contributed by atoms with Crippen molar-refractivity contribution < 1.29 is 19.3 Å². The number of anilines is 1. The zero-order valence-electron chi connectivity index (χ0n) is 22.0. The average molecular weight is 523 g/mol. The SMILES string of the molecule is CCNc1cc2c(cn1)c(-c1cnn(C[C@H](O)C(C)(C)O)c1)nn2C1CCC(Oc2ccccc2F)CC1. The number of rotatable bonds is 9. The number of fused-ring (bicyclic) bond motifs is 1. The van der Waals surface area contributed by atoms with E-state index in [1.54, 1.807) is 42.9 Å². The summed E-state index contributed by atoms with van der Waals surface area (Å²) >= 11 is 0. The number of hydrogen-bond acceptors (Lipinski definition) is 7. The van der Waals surface area contributed by atoms with Gasteiger partial charge < -0.3 is 20.3 Å². The molecule has 0 unspecified atom stereocenters. The standard InChI is InChI=1S/C28H35FN6O3/c1-4-30-26-13-23-21(15-31-26)27(18-14-32-34(16-18)17-25(36)28(2,3)37)33-35(23)19-9-11-20(12-10-19)38-24-8-6-5-7-22(24)29/h5-8,13-16,19-20,25,36-37H,4,9-12,17H2,1-3H3,(H,30,31)/t19?,20?,25-/m0/s1. The maximum atomic E-state index is 14.1. The lowest BCUT2D eigenvalue weighted by Crippen LogP contribution is -2.39. The number of nitrogens with zero attached hydrogens (tertiary/aromatic N) is 5. The van der Waals surface area contributed by atoms with E-state index in [0.717, 1.165) is 60.2 Å². The van der Waals surface area contributed by atoms with E-state index < -0.39 is 11.7 Å². The molecule has 1 saturated carbocycles. The van der Waals surface area contributed by atoms with Gasteiger partial charge in [0.05, 0.1) is 36.0 Å². The molecule has 0 bridgehead atoms. The molecule has 9 nitrogen and oxygen atoms in total. The number of aromatic nitrogens is 5. The molecule has 0 aliphatic heterocycles. The summed E-state index contributed by atoms with van der Waals surface area (Å²) in [7, 11) is 0. The third-order valence-electron chi connectivity index (χ3n) is 7.15. The molecule has 4 aromatic rings. The van der Waals surface area contributed by atoms with E-state index in [1.165, 1.54) is 6.07 Å². The van der Waals surface area contributed by atoms with Crippen LogP contribution in [0.1, 0.15) is 52.5 Å². The van der Waals surface area contributed by atoms with Gasteiger partial charge in [-0.25, -0.2) is 9.37 Å². The Morgan fingerprint density at radius 2 is 1.95 bits per heavy atom. The van der Waals surface area contributed by atoms with Gasteiger partial charge in [-0.3, -0.25) is 9.36 Å². The Morgan fingerprint density at radius 1 is 1.18 bits per heavy atom. The minimum Gasteiger partial charge on any atom is -0.487 e. The number of pyridine rings is 1. The van der Waals surface area contributed by atoms with E-state index >= 15 is 0 Å². The van der Waals surface area contributed by atoms with E-state index in [1.807, 2.05) is 25.4 Å².